The van der Waals surface area contributed by atoms with Crippen molar-refractivity contribution in [1.29, 1.82) is 0 Å². The molecule has 1 aliphatic carbocycles. The van der Waals surface area contributed by atoms with Crippen molar-refractivity contribution < 1.29 is 14.3 Å². The number of amides is 1. The molecular formula is C12H19NO3. The summed E-state index contributed by atoms with van der Waals surface area (Å²) < 4.78 is 5.12. The maximum atomic E-state index is 11.2. The molecule has 1 amide bonds. The summed E-state index contributed by atoms with van der Waals surface area (Å²) >= 11 is 0. The first-order valence-corrected chi connectivity index (χ1v) is 6.21. The van der Waals surface area contributed by atoms with E-state index in [-0.39, 0.29) is 23.7 Å². The molecule has 4 nitrogen and oxygen atoms in total. The van der Waals surface area contributed by atoms with Crippen LogP contribution in [0.3, 0.4) is 0 Å². The van der Waals surface area contributed by atoms with Crippen LogP contribution in [-0.2, 0) is 14.3 Å². The topological polar surface area (TPSA) is 55.4 Å². The Balaban J connectivity index is 1.48. The van der Waals surface area contributed by atoms with Crippen molar-refractivity contribution in [1.82, 2.24) is 5.32 Å². The van der Waals surface area contributed by atoms with Crippen LogP contribution in [0.25, 0.3) is 0 Å². The highest BCUT2D eigenvalue weighted by Crippen LogP contribution is 2.30. The molecule has 0 aromatic heterocycles. The van der Waals surface area contributed by atoms with Crippen LogP contribution in [0, 0.1) is 11.8 Å². The van der Waals surface area contributed by atoms with Crippen molar-refractivity contribution in [3.63, 3.8) is 0 Å². The quantitative estimate of drug-likeness (QED) is 0.546. The summed E-state index contributed by atoms with van der Waals surface area (Å²) in [7, 11) is 0. The van der Waals surface area contributed by atoms with Gasteiger partial charge in [-0.15, -0.1) is 0 Å². The number of unbranched alkanes of at least 4 members (excludes halogenated alkanes) is 1. The molecule has 2 fully saturated rings. The summed E-state index contributed by atoms with van der Waals surface area (Å²) in [6.45, 7) is 1.34. The highest BCUT2D eigenvalue weighted by atomic mass is 16.5. The van der Waals surface area contributed by atoms with E-state index in [0.29, 0.717) is 6.61 Å². The van der Waals surface area contributed by atoms with E-state index in [2.05, 4.69) is 5.32 Å². The van der Waals surface area contributed by atoms with E-state index in [4.69, 9.17) is 4.74 Å². The van der Waals surface area contributed by atoms with Gasteiger partial charge in [0.05, 0.1) is 12.5 Å². The molecule has 1 aliphatic heterocycles. The van der Waals surface area contributed by atoms with Crippen LogP contribution in [0.1, 0.15) is 38.5 Å². The summed E-state index contributed by atoms with van der Waals surface area (Å²) in [5.74, 6) is 0.549. The molecule has 0 bridgehead atoms. The van der Waals surface area contributed by atoms with Crippen LogP contribution in [0.4, 0.5) is 0 Å². The van der Waals surface area contributed by atoms with E-state index >= 15 is 0 Å². The Labute approximate surface area is 95.7 Å². The third-order valence-corrected chi connectivity index (χ3v) is 3.26. The summed E-state index contributed by atoms with van der Waals surface area (Å²) in [6.07, 6.45) is 5.73. The summed E-state index contributed by atoms with van der Waals surface area (Å²) in [5, 5.41) is 2.83. The maximum absolute atomic E-state index is 11.2. The summed E-state index contributed by atoms with van der Waals surface area (Å²) in [4.78, 5) is 22.4. The molecule has 0 unspecified atom stereocenters. The summed E-state index contributed by atoms with van der Waals surface area (Å²) in [5.41, 5.74) is 0. The average Bonchev–Trinajstić information content (AvgIpc) is 3.04. The molecular weight excluding hydrogens is 206 g/mol. The number of esters is 1. The molecule has 2 rings (SSSR count). The molecule has 2 aliphatic rings. The van der Waals surface area contributed by atoms with E-state index < -0.39 is 0 Å². The van der Waals surface area contributed by atoms with Crippen molar-refractivity contribution in [2.45, 2.75) is 38.5 Å². The van der Waals surface area contributed by atoms with Gasteiger partial charge in [0, 0.05) is 12.5 Å². The number of ether oxygens (including phenoxy) is 1. The monoisotopic (exact) mass is 225 g/mol. The van der Waals surface area contributed by atoms with Crippen LogP contribution in [0.2, 0.25) is 0 Å². The fraction of sp³-hybridized carbons (Fsp3) is 0.833. The van der Waals surface area contributed by atoms with Gasteiger partial charge in [-0.05, 0) is 38.5 Å². The van der Waals surface area contributed by atoms with Crippen LogP contribution in [0.15, 0.2) is 0 Å². The van der Waals surface area contributed by atoms with Gasteiger partial charge in [0.1, 0.15) is 0 Å². The normalized spacial score (nSPS) is 24.2. The molecule has 1 heterocycles. The predicted octanol–water partition coefficient (Wildman–Crippen LogP) is 1.25. The van der Waals surface area contributed by atoms with Crippen molar-refractivity contribution in [3.05, 3.63) is 0 Å². The molecule has 1 saturated heterocycles. The third kappa shape index (κ3) is 3.22. The number of rotatable bonds is 6. The van der Waals surface area contributed by atoms with E-state index in [1.165, 1.54) is 0 Å². The van der Waals surface area contributed by atoms with Gasteiger partial charge in [0.15, 0.2) is 0 Å². The lowest BCUT2D eigenvalue weighted by molar-refractivity contribution is -0.145. The first-order chi connectivity index (χ1) is 7.77. The predicted molar refractivity (Wildman–Crippen MR) is 58.7 cm³/mol. The second-order valence-electron chi connectivity index (χ2n) is 4.71. The minimum Gasteiger partial charge on any atom is -0.465 e. The molecule has 0 radical (unpaired) electrons. The number of carbonyl (C=O) groups is 2. The average molecular weight is 225 g/mol. The Hall–Kier alpha value is -1.06. The van der Waals surface area contributed by atoms with Crippen molar-refractivity contribution in [3.8, 4) is 0 Å². The standard InChI is InChI=1S/C12H19NO3/c14-11-9(6-7-13-11)3-1-2-8-16-12(15)10-4-5-10/h9-10H,1-8H2,(H,13,14)/t9-/m0/s1. The van der Waals surface area contributed by atoms with E-state index in [0.717, 1.165) is 45.1 Å². The molecule has 1 N–H and O–H groups in total. The molecule has 1 atom stereocenters. The SMILES string of the molecule is O=C(OCCCC[C@H]1CCNC1=O)C1CC1. The Kier molecular flexibility index (Phi) is 3.80. The second-order valence-corrected chi connectivity index (χ2v) is 4.71. The first kappa shape index (κ1) is 11.4. The molecule has 0 spiro atoms. The minimum atomic E-state index is -0.0291. The lowest BCUT2D eigenvalue weighted by atomic mass is 10.0. The van der Waals surface area contributed by atoms with Crippen molar-refractivity contribution >= 4 is 11.9 Å². The largest absolute Gasteiger partial charge is 0.465 e. The second kappa shape index (κ2) is 5.32. The zero-order chi connectivity index (χ0) is 11.4. The van der Waals surface area contributed by atoms with Gasteiger partial charge in [-0.25, -0.2) is 0 Å². The van der Waals surface area contributed by atoms with E-state index in [1.807, 2.05) is 0 Å². The Morgan fingerprint density at radius 2 is 2.12 bits per heavy atom. The van der Waals surface area contributed by atoms with Crippen molar-refractivity contribution in [2.75, 3.05) is 13.2 Å². The highest BCUT2D eigenvalue weighted by Gasteiger charge is 2.31. The van der Waals surface area contributed by atoms with Crippen LogP contribution < -0.4 is 5.32 Å². The van der Waals surface area contributed by atoms with Gasteiger partial charge in [0.25, 0.3) is 0 Å². The lowest BCUT2D eigenvalue weighted by Gasteiger charge is -2.06. The fourth-order valence-corrected chi connectivity index (χ4v) is 2.02. The van der Waals surface area contributed by atoms with Crippen LogP contribution in [-0.4, -0.2) is 25.0 Å². The molecule has 16 heavy (non-hydrogen) atoms. The van der Waals surface area contributed by atoms with Crippen LogP contribution in [0.5, 0.6) is 0 Å². The summed E-state index contributed by atoms with van der Waals surface area (Å²) in [6, 6.07) is 0. The third-order valence-electron chi connectivity index (χ3n) is 3.26. The van der Waals surface area contributed by atoms with Gasteiger partial charge in [0.2, 0.25) is 5.91 Å². The van der Waals surface area contributed by atoms with Gasteiger partial charge in [-0.3, -0.25) is 9.59 Å². The minimum absolute atomic E-state index is 0.0291. The lowest BCUT2D eigenvalue weighted by Crippen LogP contribution is -2.19. The number of hydrogen-bond donors (Lipinski definition) is 1. The van der Waals surface area contributed by atoms with Gasteiger partial charge < -0.3 is 10.1 Å². The number of hydrogen-bond acceptors (Lipinski definition) is 3. The van der Waals surface area contributed by atoms with Gasteiger partial charge in [-0.1, -0.05) is 0 Å². The Morgan fingerprint density at radius 1 is 1.31 bits per heavy atom. The molecule has 0 aromatic carbocycles. The molecule has 4 heteroatoms. The Bertz CT molecular complexity index is 273. The smallest absolute Gasteiger partial charge is 0.308 e. The molecule has 0 aromatic rings. The van der Waals surface area contributed by atoms with E-state index in [1.54, 1.807) is 0 Å². The number of nitrogens with one attached hydrogen (secondary N) is 1. The van der Waals surface area contributed by atoms with Crippen molar-refractivity contribution in [2.24, 2.45) is 11.8 Å². The maximum Gasteiger partial charge on any atom is 0.308 e. The first-order valence-electron chi connectivity index (χ1n) is 6.21. The van der Waals surface area contributed by atoms with Crippen LogP contribution >= 0.6 is 0 Å². The fourth-order valence-electron chi connectivity index (χ4n) is 2.02. The zero-order valence-corrected chi connectivity index (χ0v) is 9.54. The van der Waals surface area contributed by atoms with Gasteiger partial charge >= 0.3 is 5.97 Å². The van der Waals surface area contributed by atoms with E-state index in [9.17, 15) is 9.59 Å². The zero-order valence-electron chi connectivity index (χ0n) is 9.54. The highest BCUT2D eigenvalue weighted by molar-refractivity contribution is 5.80. The Morgan fingerprint density at radius 3 is 2.75 bits per heavy atom. The molecule has 90 valence electrons. The molecule has 1 saturated carbocycles. The van der Waals surface area contributed by atoms with Gasteiger partial charge in [-0.2, -0.15) is 0 Å². The number of carbonyl (C=O) groups excluding carboxylic acids is 2.